The van der Waals surface area contributed by atoms with Gasteiger partial charge in [-0.05, 0) is 31.9 Å². The Labute approximate surface area is 117 Å². The van der Waals surface area contributed by atoms with Gasteiger partial charge in [-0.15, -0.1) is 0 Å². The second kappa shape index (κ2) is 5.86. The third kappa shape index (κ3) is 3.65. The summed E-state index contributed by atoms with van der Waals surface area (Å²) in [6.45, 7) is 3.94. The van der Waals surface area contributed by atoms with Crippen LogP contribution in [0.1, 0.15) is 25.3 Å². The lowest BCUT2D eigenvalue weighted by molar-refractivity contribution is -0.385. The molecule has 5 nitrogen and oxygen atoms in total. The molecule has 19 heavy (non-hydrogen) atoms. The van der Waals surface area contributed by atoms with Gasteiger partial charge in [-0.25, -0.2) is 0 Å². The maximum Gasteiger partial charge on any atom is 0.275 e. The molecule has 1 unspecified atom stereocenters. The molecule has 1 N–H and O–H groups in total. The molecule has 1 atom stereocenters. The summed E-state index contributed by atoms with van der Waals surface area (Å²) >= 11 is 5.79. The van der Waals surface area contributed by atoms with Crippen molar-refractivity contribution in [2.24, 2.45) is 0 Å². The number of nitro benzene ring substituents is 1. The zero-order valence-electron chi connectivity index (χ0n) is 10.8. The number of hydrogen-bond acceptors (Lipinski definition) is 4. The van der Waals surface area contributed by atoms with Gasteiger partial charge in [-0.2, -0.15) is 0 Å². The Morgan fingerprint density at radius 2 is 2.37 bits per heavy atom. The third-order valence-electron chi connectivity index (χ3n) is 3.39. The first-order valence-electron chi connectivity index (χ1n) is 6.26. The highest BCUT2D eigenvalue weighted by atomic mass is 35.5. The minimum atomic E-state index is -0.400. The summed E-state index contributed by atoms with van der Waals surface area (Å²) in [5.74, 6) is 0. The molecule has 2 rings (SSSR count). The van der Waals surface area contributed by atoms with E-state index in [2.05, 4.69) is 12.2 Å². The highest BCUT2D eigenvalue weighted by Crippen LogP contribution is 2.25. The second-order valence-corrected chi connectivity index (χ2v) is 5.54. The van der Waals surface area contributed by atoms with Crippen molar-refractivity contribution in [2.75, 3.05) is 13.2 Å². The molecule has 1 aliphatic heterocycles. The summed E-state index contributed by atoms with van der Waals surface area (Å²) < 4.78 is 5.45. The molecule has 1 saturated heterocycles. The van der Waals surface area contributed by atoms with Gasteiger partial charge >= 0.3 is 0 Å². The van der Waals surface area contributed by atoms with Crippen LogP contribution in [0.25, 0.3) is 0 Å². The molecule has 1 aromatic rings. The number of nitrogens with zero attached hydrogens (tertiary/aromatic N) is 1. The summed E-state index contributed by atoms with van der Waals surface area (Å²) in [5, 5.41) is 14.7. The van der Waals surface area contributed by atoms with Crippen LogP contribution in [0.2, 0.25) is 5.02 Å². The van der Waals surface area contributed by atoms with E-state index >= 15 is 0 Å². The molecule has 0 amide bonds. The minimum absolute atomic E-state index is 0.0559. The van der Waals surface area contributed by atoms with E-state index in [9.17, 15) is 10.1 Å². The molecule has 1 aliphatic rings. The molecule has 0 aromatic heterocycles. The first kappa shape index (κ1) is 14.2. The van der Waals surface area contributed by atoms with Gasteiger partial charge in [0.1, 0.15) is 0 Å². The molecule has 1 aromatic carbocycles. The van der Waals surface area contributed by atoms with Crippen molar-refractivity contribution in [1.82, 2.24) is 5.32 Å². The van der Waals surface area contributed by atoms with Gasteiger partial charge in [0.05, 0.1) is 11.5 Å². The maximum atomic E-state index is 11.0. The monoisotopic (exact) mass is 284 g/mol. The van der Waals surface area contributed by atoms with Crippen LogP contribution in [0.5, 0.6) is 0 Å². The molecule has 0 radical (unpaired) electrons. The molecular formula is C13H17ClN2O3. The van der Waals surface area contributed by atoms with E-state index < -0.39 is 4.92 Å². The third-order valence-corrected chi connectivity index (χ3v) is 3.62. The van der Waals surface area contributed by atoms with Crippen molar-refractivity contribution in [2.45, 2.75) is 31.8 Å². The number of halogens is 1. The maximum absolute atomic E-state index is 11.0. The van der Waals surface area contributed by atoms with Gasteiger partial charge < -0.3 is 10.1 Å². The van der Waals surface area contributed by atoms with Gasteiger partial charge in [-0.3, -0.25) is 10.1 Å². The van der Waals surface area contributed by atoms with Crippen molar-refractivity contribution in [3.05, 3.63) is 38.9 Å². The van der Waals surface area contributed by atoms with Gasteiger partial charge in [0.15, 0.2) is 0 Å². The zero-order valence-corrected chi connectivity index (χ0v) is 11.6. The van der Waals surface area contributed by atoms with E-state index in [1.807, 2.05) is 0 Å². The summed E-state index contributed by atoms with van der Waals surface area (Å²) in [6, 6.07) is 4.75. The van der Waals surface area contributed by atoms with Crippen molar-refractivity contribution < 1.29 is 9.66 Å². The molecule has 0 bridgehead atoms. The Kier molecular flexibility index (Phi) is 4.39. The SMILES string of the molecule is CC1(NCc2ccc(Cl)cc2[N+](=O)[O-])CCCOC1. The van der Waals surface area contributed by atoms with E-state index in [1.54, 1.807) is 12.1 Å². The molecule has 0 aliphatic carbocycles. The van der Waals surface area contributed by atoms with Crippen LogP contribution < -0.4 is 5.32 Å². The van der Waals surface area contributed by atoms with E-state index in [-0.39, 0.29) is 11.2 Å². The lowest BCUT2D eigenvalue weighted by Gasteiger charge is -2.34. The van der Waals surface area contributed by atoms with E-state index in [1.165, 1.54) is 6.07 Å². The van der Waals surface area contributed by atoms with Crippen molar-refractivity contribution in [1.29, 1.82) is 0 Å². The summed E-state index contributed by atoms with van der Waals surface area (Å²) in [7, 11) is 0. The average molecular weight is 285 g/mol. The fourth-order valence-corrected chi connectivity index (χ4v) is 2.40. The molecule has 0 spiro atoms. The quantitative estimate of drug-likeness (QED) is 0.682. The minimum Gasteiger partial charge on any atom is -0.380 e. The number of hydrogen-bond donors (Lipinski definition) is 1. The van der Waals surface area contributed by atoms with E-state index in [0.29, 0.717) is 23.7 Å². The molecular weight excluding hydrogens is 268 g/mol. The van der Waals surface area contributed by atoms with Gasteiger partial charge in [0, 0.05) is 35.3 Å². The van der Waals surface area contributed by atoms with Crippen LogP contribution in [-0.2, 0) is 11.3 Å². The Morgan fingerprint density at radius 1 is 1.58 bits per heavy atom. The first-order chi connectivity index (χ1) is 9.00. The fourth-order valence-electron chi connectivity index (χ4n) is 2.24. The number of ether oxygens (including phenoxy) is 1. The number of nitro groups is 1. The highest BCUT2D eigenvalue weighted by molar-refractivity contribution is 6.30. The normalized spacial score (nSPS) is 23.3. The fraction of sp³-hybridized carbons (Fsp3) is 0.538. The number of rotatable bonds is 4. The largest absolute Gasteiger partial charge is 0.380 e. The van der Waals surface area contributed by atoms with Crippen LogP contribution >= 0.6 is 11.6 Å². The van der Waals surface area contributed by atoms with Gasteiger partial charge in [0.25, 0.3) is 5.69 Å². The molecule has 1 heterocycles. The van der Waals surface area contributed by atoms with Crippen LogP contribution in [0.3, 0.4) is 0 Å². The Morgan fingerprint density at radius 3 is 3.00 bits per heavy atom. The highest BCUT2D eigenvalue weighted by Gasteiger charge is 2.27. The summed E-state index contributed by atoms with van der Waals surface area (Å²) in [6.07, 6.45) is 2.01. The van der Waals surface area contributed by atoms with Crippen LogP contribution in [0.15, 0.2) is 18.2 Å². The van der Waals surface area contributed by atoms with Gasteiger partial charge in [-0.1, -0.05) is 11.6 Å². The van der Waals surface area contributed by atoms with Crippen LogP contribution in [0, 0.1) is 10.1 Å². The predicted octanol–water partition coefficient (Wildman–Crippen LogP) is 2.91. The molecule has 6 heteroatoms. The molecule has 1 fully saturated rings. The van der Waals surface area contributed by atoms with Crippen LogP contribution in [-0.4, -0.2) is 23.7 Å². The lowest BCUT2D eigenvalue weighted by atomic mass is 9.94. The predicted molar refractivity (Wildman–Crippen MR) is 73.4 cm³/mol. The van der Waals surface area contributed by atoms with E-state index in [4.69, 9.17) is 16.3 Å². The van der Waals surface area contributed by atoms with Gasteiger partial charge in [0.2, 0.25) is 0 Å². The number of benzene rings is 1. The smallest absolute Gasteiger partial charge is 0.275 e. The van der Waals surface area contributed by atoms with Crippen molar-refractivity contribution in [3.63, 3.8) is 0 Å². The molecule has 104 valence electrons. The second-order valence-electron chi connectivity index (χ2n) is 5.10. The average Bonchev–Trinajstić information content (AvgIpc) is 2.38. The summed E-state index contributed by atoms with van der Waals surface area (Å²) in [4.78, 5) is 10.6. The zero-order chi connectivity index (χ0) is 13.9. The Hall–Kier alpha value is -1.17. The summed E-state index contributed by atoms with van der Waals surface area (Å²) in [5.41, 5.74) is 0.577. The molecule has 0 saturated carbocycles. The number of nitrogens with one attached hydrogen (secondary N) is 1. The Balaban J connectivity index is 2.08. The van der Waals surface area contributed by atoms with Crippen molar-refractivity contribution in [3.8, 4) is 0 Å². The van der Waals surface area contributed by atoms with E-state index in [0.717, 1.165) is 19.4 Å². The topological polar surface area (TPSA) is 64.4 Å². The Bertz CT molecular complexity index is 473. The lowest BCUT2D eigenvalue weighted by Crippen LogP contribution is -2.48. The first-order valence-corrected chi connectivity index (χ1v) is 6.64. The standard InChI is InChI=1S/C13H17ClN2O3/c1-13(5-2-6-19-9-13)15-8-10-3-4-11(14)7-12(10)16(17)18/h3-4,7,15H,2,5-6,8-9H2,1H3. The van der Waals surface area contributed by atoms with Crippen LogP contribution in [0.4, 0.5) is 5.69 Å². The van der Waals surface area contributed by atoms with Crippen molar-refractivity contribution >= 4 is 17.3 Å².